The van der Waals surface area contributed by atoms with E-state index in [1.54, 1.807) is 13.8 Å². The number of nitrogens with one attached hydrogen (secondary N) is 5. The van der Waals surface area contributed by atoms with Gasteiger partial charge in [0.05, 0.1) is 6.54 Å². The Kier molecular flexibility index (Phi) is 9.23. The van der Waals surface area contributed by atoms with Crippen LogP contribution >= 0.6 is 0 Å². The summed E-state index contributed by atoms with van der Waals surface area (Å²) in [5.41, 5.74) is 20.2. The smallest absolute Gasteiger partial charge is 0.130 e. The van der Waals surface area contributed by atoms with E-state index < -0.39 is 0 Å². The van der Waals surface area contributed by atoms with Gasteiger partial charge in [-0.15, -0.1) is 0 Å². The Hall–Kier alpha value is -4.72. The molecule has 0 amide bonds. The fourth-order valence-electron chi connectivity index (χ4n) is 6.49. The molecule has 0 fully saturated rings. The third kappa shape index (κ3) is 6.41. The molecule has 234 valence electrons. The van der Waals surface area contributed by atoms with E-state index >= 15 is 0 Å². The van der Waals surface area contributed by atoms with Crippen LogP contribution in [0.3, 0.4) is 0 Å². The second-order valence-electron chi connectivity index (χ2n) is 12.3. The highest BCUT2D eigenvalue weighted by Crippen LogP contribution is 2.24. The fraction of sp³-hybridized carbons (Fsp3) is 0.351. The number of H-pyrrole nitrogens is 4. The maximum absolute atomic E-state index is 12.1. The minimum Gasteiger partial charge on any atom is -0.355 e. The molecule has 8 heteroatoms. The average molecular weight is 605 g/mol. The van der Waals surface area contributed by atoms with Crippen LogP contribution in [0.4, 0.5) is 0 Å². The van der Waals surface area contributed by atoms with Crippen molar-refractivity contribution in [1.82, 2.24) is 19.9 Å². The first kappa shape index (κ1) is 31.7. The zero-order valence-corrected chi connectivity index (χ0v) is 27.3. The molecule has 5 rings (SSSR count). The lowest BCUT2D eigenvalue weighted by molar-refractivity contribution is -0.117. The third-order valence-electron chi connectivity index (χ3n) is 9.23. The van der Waals surface area contributed by atoms with Gasteiger partial charge in [0.25, 0.3) is 0 Å². The number of carbonyl (C=O) groups excluding carboxylic acids is 2. The standard InChI is InChI=1S/C37H44N6O2/c1-8-26-22(4)32-18-35-27(10-9-15-39-38)23(5)30(41-35)16-31-24(6)28(13-11-20(2)44)36(42-31)19-37-29(14-12-21(3)45)25(7)33(43-37)17-34(26)40-32/h8,16-19,38,40-43H,1,9-15H2,2-7H3. The number of hydrogen-bond acceptors (Lipinski definition) is 4. The van der Waals surface area contributed by atoms with Gasteiger partial charge in [0, 0.05) is 62.6 Å². The Bertz CT molecular complexity index is 2080. The van der Waals surface area contributed by atoms with E-state index in [0.29, 0.717) is 32.2 Å². The SMILES string of the molecule is C=Cc1c2[nH]c(c1C)C=c1[nH]c(c(C)c1CCCN=N)=Cc1[nH]c(c(CCC(C)=O)c1C)C=c1[nH]c(c(C)c1CCC(C)=O)=C2. The molecule has 5 heterocycles. The van der Waals surface area contributed by atoms with Crippen molar-refractivity contribution in [2.45, 2.75) is 80.1 Å². The van der Waals surface area contributed by atoms with Gasteiger partial charge in [-0.1, -0.05) is 12.7 Å². The minimum atomic E-state index is 0.156. The Morgan fingerprint density at radius 3 is 1.73 bits per heavy atom. The molecule has 1 aliphatic rings. The zero-order chi connectivity index (χ0) is 32.4. The molecule has 0 radical (unpaired) electrons. The van der Waals surface area contributed by atoms with Crippen LogP contribution in [0.15, 0.2) is 11.7 Å². The van der Waals surface area contributed by atoms with Crippen LogP contribution in [0.2, 0.25) is 0 Å². The summed E-state index contributed by atoms with van der Waals surface area (Å²) < 4.78 is 0. The fourth-order valence-corrected chi connectivity index (χ4v) is 6.49. The summed E-state index contributed by atoms with van der Waals surface area (Å²) in [5.74, 6) is 0.311. The predicted molar refractivity (Wildman–Crippen MR) is 181 cm³/mol. The van der Waals surface area contributed by atoms with Gasteiger partial charge >= 0.3 is 0 Å². The average Bonchev–Trinajstić information content (AvgIpc) is 3.64. The number of carbonyl (C=O) groups is 2. The molecule has 0 atom stereocenters. The van der Waals surface area contributed by atoms with E-state index in [0.717, 1.165) is 96.0 Å². The van der Waals surface area contributed by atoms with Gasteiger partial charge in [0.15, 0.2) is 0 Å². The molecule has 0 spiro atoms. The second kappa shape index (κ2) is 13.1. The topological polar surface area (TPSA) is 134 Å². The molecule has 0 saturated heterocycles. The Morgan fingerprint density at radius 2 is 1.16 bits per heavy atom. The van der Waals surface area contributed by atoms with Crippen molar-refractivity contribution in [2.24, 2.45) is 5.11 Å². The molecule has 0 aliphatic carbocycles. The van der Waals surface area contributed by atoms with E-state index in [1.165, 1.54) is 5.56 Å². The van der Waals surface area contributed by atoms with Crippen LogP contribution in [0.25, 0.3) is 30.4 Å². The highest BCUT2D eigenvalue weighted by atomic mass is 16.1. The quantitative estimate of drug-likeness (QED) is 0.112. The maximum Gasteiger partial charge on any atom is 0.130 e. The summed E-state index contributed by atoms with van der Waals surface area (Å²) in [6.07, 6.45) is 14.3. The van der Waals surface area contributed by atoms with E-state index in [4.69, 9.17) is 5.53 Å². The molecule has 0 saturated carbocycles. The van der Waals surface area contributed by atoms with Gasteiger partial charge in [-0.05, 0) is 130 Å². The van der Waals surface area contributed by atoms with Crippen LogP contribution < -0.4 is 21.4 Å². The number of rotatable bonds is 11. The number of hydrogen-bond donors (Lipinski definition) is 5. The van der Waals surface area contributed by atoms with Crippen LogP contribution in [0.1, 0.15) is 100 Å². The first-order chi connectivity index (χ1) is 21.5. The van der Waals surface area contributed by atoms with Gasteiger partial charge in [0.1, 0.15) is 11.6 Å². The van der Waals surface area contributed by atoms with Crippen molar-refractivity contribution in [1.29, 1.82) is 5.53 Å². The first-order valence-electron chi connectivity index (χ1n) is 15.7. The number of nitrogens with zero attached hydrogens (tertiary/aromatic N) is 1. The van der Waals surface area contributed by atoms with Gasteiger partial charge in [0.2, 0.25) is 0 Å². The number of aromatic amines is 4. The normalized spacial score (nSPS) is 12.1. The molecule has 4 aromatic heterocycles. The van der Waals surface area contributed by atoms with Crippen LogP contribution in [-0.2, 0) is 28.9 Å². The Labute approximate surface area is 263 Å². The van der Waals surface area contributed by atoms with Gasteiger partial charge in [-0.2, -0.15) is 5.11 Å². The molecule has 8 bridgehead atoms. The van der Waals surface area contributed by atoms with Crippen molar-refractivity contribution < 1.29 is 9.59 Å². The molecule has 8 nitrogen and oxygen atoms in total. The lowest BCUT2D eigenvalue weighted by Gasteiger charge is -2.02. The lowest BCUT2D eigenvalue weighted by atomic mass is 10.0. The van der Waals surface area contributed by atoms with Gasteiger partial charge in [-0.3, -0.25) is 0 Å². The largest absolute Gasteiger partial charge is 0.355 e. The predicted octanol–water partition coefficient (Wildman–Crippen LogP) is 4.51. The first-order valence-corrected chi connectivity index (χ1v) is 15.7. The van der Waals surface area contributed by atoms with Crippen molar-refractivity contribution in [3.63, 3.8) is 0 Å². The monoisotopic (exact) mass is 604 g/mol. The number of fused-ring (bicyclic) bond motifs is 8. The van der Waals surface area contributed by atoms with Crippen LogP contribution in [0, 0.1) is 33.2 Å². The Morgan fingerprint density at radius 1 is 0.667 bits per heavy atom. The molecule has 5 N–H and O–H groups in total. The Balaban J connectivity index is 1.89. The third-order valence-corrected chi connectivity index (χ3v) is 9.23. The van der Waals surface area contributed by atoms with Crippen molar-refractivity contribution >= 4 is 41.9 Å². The minimum absolute atomic E-state index is 0.156. The van der Waals surface area contributed by atoms with Gasteiger partial charge in [-0.25, -0.2) is 5.53 Å². The number of Topliss-reactive ketones (excluding diaryl/α,β-unsaturated/α-hetero) is 2. The second-order valence-corrected chi connectivity index (χ2v) is 12.3. The molecule has 4 aromatic rings. The highest BCUT2D eigenvalue weighted by Gasteiger charge is 2.17. The molecule has 0 aromatic carbocycles. The van der Waals surface area contributed by atoms with Crippen molar-refractivity contribution in [3.8, 4) is 0 Å². The number of aromatic nitrogens is 4. The molecule has 0 unspecified atom stereocenters. The maximum atomic E-state index is 12.1. The molecule has 45 heavy (non-hydrogen) atoms. The molecular formula is C37H44N6O2. The van der Waals surface area contributed by atoms with Gasteiger partial charge < -0.3 is 29.5 Å². The van der Waals surface area contributed by atoms with E-state index in [9.17, 15) is 9.59 Å². The summed E-state index contributed by atoms with van der Waals surface area (Å²) >= 11 is 0. The van der Waals surface area contributed by atoms with E-state index in [-0.39, 0.29) is 11.6 Å². The summed E-state index contributed by atoms with van der Waals surface area (Å²) in [4.78, 5) is 38.8. The summed E-state index contributed by atoms with van der Waals surface area (Å²) in [6.45, 7) is 16.4. The molecular weight excluding hydrogens is 560 g/mol. The summed E-state index contributed by atoms with van der Waals surface area (Å²) in [5, 5.41) is 7.56. The lowest BCUT2D eigenvalue weighted by Crippen LogP contribution is -2.14. The van der Waals surface area contributed by atoms with E-state index in [1.807, 2.05) is 6.08 Å². The highest BCUT2D eigenvalue weighted by molar-refractivity contribution is 5.77. The summed E-state index contributed by atoms with van der Waals surface area (Å²) in [7, 11) is 0. The molecule has 1 aliphatic heterocycles. The van der Waals surface area contributed by atoms with Crippen molar-refractivity contribution in [3.05, 3.63) is 95.3 Å². The van der Waals surface area contributed by atoms with Crippen LogP contribution in [-0.4, -0.2) is 38.0 Å². The summed E-state index contributed by atoms with van der Waals surface area (Å²) in [6, 6.07) is 0. The van der Waals surface area contributed by atoms with Crippen molar-refractivity contribution in [2.75, 3.05) is 6.54 Å². The van der Waals surface area contributed by atoms with Crippen LogP contribution in [0.5, 0.6) is 0 Å². The zero-order valence-electron chi connectivity index (χ0n) is 27.3. The number of ketones is 2. The van der Waals surface area contributed by atoms with E-state index in [2.05, 4.69) is 83.6 Å².